The van der Waals surface area contributed by atoms with Crippen LogP contribution in [0.25, 0.3) is 0 Å². The Hall–Kier alpha value is -0.990. The molecule has 1 aromatic heterocycles. The van der Waals surface area contributed by atoms with E-state index in [2.05, 4.69) is 25.9 Å². The molecule has 12 heavy (non-hydrogen) atoms. The Bertz CT molecular complexity index is 285. The largest absolute Gasteiger partial charge is 0.383 e. The Labute approximate surface area is 71.7 Å². The van der Waals surface area contributed by atoms with Crippen molar-refractivity contribution in [3.63, 3.8) is 0 Å². The standard InChI is InChI=1S/C9H15NO2/c1-6(2)4-7(3)8-5-9(11)10-12-8/h5-7H,4H2,1-3H3,(H,10,11). The first-order chi connectivity index (χ1) is 5.59. The summed E-state index contributed by atoms with van der Waals surface area (Å²) in [6, 6.07) is 1.52. The second kappa shape index (κ2) is 3.61. The molecule has 0 radical (unpaired) electrons. The number of H-pyrrole nitrogens is 1. The van der Waals surface area contributed by atoms with Gasteiger partial charge in [-0.25, -0.2) is 0 Å². The third-order valence-electron chi connectivity index (χ3n) is 1.85. The average Bonchev–Trinajstić information content (AvgIpc) is 2.34. The van der Waals surface area contributed by atoms with Crippen molar-refractivity contribution in [1.29, 1.82) is 0 Å². The smallest absolute Gasteiger partial charge is 0.280 e. The molecular weight excluding hydrogens is 154 g/mol. The topological polar surface area (TPSA) is 46.0 Å². The molecule has 0 saturated carbocycles. The highest BCUT2D eigenvalue weighted by molar-refractivity contribution is 5.00. The molecule has 0 aromatic carbocycles. The van der Waals surface area contributed by atoms with Crippen LogP contribution in [0, 0.1) is 5.92 Å². The van der Waals surface area contributed by atoms with Crippen LogP contribution < -0.4 is 5.56 Å². The van der Waals surface area contributed by atoms with E-state index in [1.54, 1.807) is 0 Å². The van der Waals surface area contributed by atoms with Gasteiger partial charge in [0.25, 0.3) is 5.56 Å². The third kappa shape index (κ3) is 2.26. The number of aromatic amines is 1. The fourth-order valence-electron chi connectivity index (χ4n) is 1.36. The van der Waals surface area contributed by atoms with E-state index in [9.17, 15) is 4.79 Å². The van der Waals surface area contributed by atoms with E-state index >= 15 is 0 Å². The fraction of sp³-hybridized carbons (Fsp3) is 0.667. The Morgan fingerprint density at radius 2 is 2.17 bits per heavy atom. The van der Waals surface area contributed by atoms with Crippen LogP contribution in [0.1, 0.15) is 38.9 Å². The maximum atomic E-state index is 10.7. The van der Waals surface area contributed by atoms with Crippen molar-refractivity contribution >= 4 is 0 Å². The second-order valence-electron chi connectivity index (χ2n) is 3.65. The number of nitrogens with one attached hydrogen (secondary N) is 1. The van der Waals surface area contributed by atoms with Crippen molar-refractivity contribution < 1.29 is 4.52 Å². The molecule has 0 aliphatic heterocycles. The Morgan fingerprint density at radius 3 is 2.58 bits per heavy atom. The van der Waals surface area contributed by atoms with Gasteiger partial charge in [0.2, 0.25) is 0 Å². The molecule has 68 valence electrons. The van der Waals surface area contributed by atoms with Gasteiger partial charge in [-0.2, -0.15) is 5.16 Å². The molecule has 0 saturated heterocycles. The van der Waals surface area contributed by atoms with E-state index in [1.807, 2.05) is 0 Å². The summed E-state index contributed by atoms with van der Waals surface area (Å²) in [6.45, 7) is 6.37. The van der Waals surface area contributed by atoms with Crippen LogP contribution in [0.3, 0.4) is 0 Å². The monoisotopic (exact) mass is 169 g/mol. The van der Waals surface area contributed by atoms with Crippen LogP contribution in [-0.4, -0.2) is 5.16 Å². The lowest BCUT2D eigenvalue weighted by atomic mass is 9.97. The third-order valence-corrected chi connectivity index (χ3v) is 1.85. The van der Waals surface area contributed by atoms with Gasteiger partial charge in [0.1, 0.15) is 5.76 Å². The van der Waals surface area contributed by atoms with E-state index in [0.29, 0.717) is 11.8 Å². The van der Waals surface area contributed by atoms with Crippen molar-refractivity contribution in [2.75, 3.05) is 0 Å². The van der Waals surface area contributed by atoms with E-state index in [0.717, 1.165) is 12.2 Å². The summed E-state index contributed by atoms with van der Waals surface area (Å²) in [4.78, 5) is 10.7. The van der Waals surface area contributed by atoms with Gasteiger partial charge in [-0.05, 0) is 12.3 Å². The van der Waals surface area contributed by atoms with E-state index in [4.69, 9.17) is 4.52 Å². The van der Waals surface area contributed by atoms with Crippen LogP contribution >= 0.6 is 0 Å². The van der Waals surface area contributed by atoms with E-state index in [-0.39, 0.29) is 5.56 Å². The molecule has 3 nitrogen and oxygen atoms in total. The lowest BCUT2D eigenvalue weighted by Crippen LogP contribution is -1.98. The summed E-state index contributed by atoms with van der Waals surface area (Å²) in [7, 11) is 0. The molecule has 0 spiro atoms. The predicted octanol–water partition coefficient (Wildman–Crippen LogP) is 2.12. The molecule has 1 heterocycles. The highest BCUT2D eigenvalue weighted by atomic mass is 16.5. The molecule has 1 N–H and O–H groups in total. The van der Waals surface area contributed by atoms with Gasteiger partial charge in [0.15, 0.2) is 0 Å². The van der Waals surface area contributed by atoms with Gasteiger partial charge in [-0.3, -0.25) is 4.79 Å². The van der Waals surface area contributed by atoms with Gasteiger partial charge in [-0.15, -0.1) is 0 Å². The average molecular weight is 169 g/mol. The first-order valence-corrected chi connectivity index (χ1v) is 4.28. The van der Waals surface area contributed by atoms with Gasteiger partial charge in [0, 0.05) is 12.0 Å². The normalized spacial score (nSPS) is 13.7. The first-order valence-electron chi connectivity index (χ1n) is 4.28. The molecule has 0 aliphatic rings. The van der Waals surface area contributed by atoms with Crippen molar-refractivity contribution in [1.82, 2.24) is 5.16 Å². The van der Waals surface area contributed by atoms with Crippen LogP contribution in [0.5, 0.6) is 0 Å². The van der Waals surface area contributed by atoms with Gasteiger partial charge >= 0.3 is 0 Å². The zero-order chi connectivity index (χ0) is 9.14. The van der Waals surface area contributed by atoms with Crippen LogP contribution in [0.4, 0.5) is 0 Å². The first kappa shape index (κ1) is 9.10. The molecule has 3 heteroatoms. The molecule has 0 aliphatic carbocycles. The highest BCUT2D eigenvalue weighted by Gasteiger charge is 2.11. The minimum absolute atomic E-state index is 0.152. The lowest BCUT2D eigenvalue weighted by molar-refractivity contribution is 0.345. The molecular formula is C9H15NO2. The summed E-state index contributed by atoms with van der Waals surface area (Å²) < 4.78 is 4.99. The quantitative estimate of drug-likeness (QED) is 0.753. The molecule has 1 rings (SSSR count). The maximum Gasteiger partial charge on any atom is 0.280 e. The van der Waals surface area contributed by atoms with Crippen LogP contribution in [-0.2, 0) is 0 Å². The van der Waals surface area contributed by atoms with Crippen LogP contribution in [0.2, 0.25) is 0 Å². The summed E-state index contributed by atoms with van der Waals surface area (Å²) in [5.74, 6) is 1.71. The van der Waals surface area contributed by atoms with E-state index < -0.39 is 0 Å². The second-order valence-corrected chi connectivity index (χ2v) is 3.65. The van der Waals surface area contributed by atoms with Gasteiger partial charge in [-0.1, -0.05) is 20.8 Å². The Morgan fingerprint density at radius 1 is 1.50 bits per heavy atom. The SMILES string of the molecule is CC(C)CC(C)c1cc(=O)[nH]o1. The van der Waals surface area contributed by atoms with Crippen molar-refractivity contribution in [2.45, 2.75) is 33.1 Å². The fourth-order valence-corrected chi connectivity index (χ4v) is 1.36. The predicted molar refractivity (Wildman–Crippen MR) is 47.2 cm³/mol. The van der Waals surface area contributed by atoms with Crippen molar-refractivity contribution in [2.24, 2.45) is 5.92 Å². The minimum atomic E-state index is -0.152. The summed E-state index contributed by atoms with van der Waals surface area (Å²) in [5, 5.41) is 2.29. The molecule has 0 fully saturated rings. The van der Waals surface area contributed by atoms with Crippen molar-refractivity contribution in [3.05, 3.63) is 22.2 Å². The van der Waals surface area contributed by atoms with Crippen molar-refractivity contribution in [3.8, 4) is 0 Å². The summed E-state index contributed by atoms with van der Waals surface area (Å²) >= 11 is 0. The number of rotatable bonds is 3. The molecule has 1 unspecified atom stereocenters. The molecule has 1 atom stereocenters. The van der Waals surface area contributed by atoms with Crippen LogP contribution in [0.15, 0.2) is 15.4 Å². The number of hydrogen-bond acceptors (Lipinski definition) is 2. The minimum Gasteiger partial charge on any atom is -0.383 e. The van der Waals surface area contributed by atoms with E-state index in [1.165, 1.54) is 6.07 Å². The number of aromatic nitrogens is 1. The summed E-state index contributed by atoms with van der Waals surface area (Å²) in [5.41, 5.74) is -0.152. The molecule has 0 amide bonds. The Balaban J connectivity index is 2.65. The molecule has 1 aromatic rings. The Kier molecular flexibility index (Phi) is 2.74. The lowest BCUT2D eigenvalue weighted by Gasteiger charge is -2.09. The summed E-state index contributed by atoms with van der Waals surface area (Å²) in [6.07, 6.45) is 1.04. The number of hydrogen-bond donors (Lipinski definition) is 1. The highest BCUT2D eigenvalue weighted by Crippen LogP contribution is 2.21. The zero-order valence-electron chi connectivity index (χ0n) is 7.76. The molecule has 0 bridgehead atoms. The van der Waals surface area contributed by atoms with Gasteiger partial charge < -0.3 is 4.52 Å². The maximum absolute atomic E-state index is 10.7. The zero-order valence-corrected chi connectivity index (χ0v) is 7.76. The van der Waals surface area contributed by atoms with Gasteiger partial charge in [0.05, 0.1) is 0 Å².